The van der Waals surface area contributed by atoms with Gasteiger partial charge in [0, 0.05) is 12.5 Å². The first kappa shape index (κ1) is 11.0. The van der Waals surface area contributed by atoms with E-state index >= 15 is 0 Å². The summed E-state index contributed by atoms with van der Waals surface area (Å²) in [6, 6.07) is 10.4. The van der Waals surface area contributed by atoms with E-state index in [1.165, 1.54) is 5.56 Å². The third kappa shape index (κ3) is 2.02. The molecule has 1 aliphatic heterocycles. The van der Waals surface area contributed by atoms with Crippen LogP contribution < -0.4 is 0 Å². The highest BCUT2D eigenvalue weighted by molar-refractivity contribution is 5.89. The predicted molar refractivity (Wildman–Crippen MR) is 65.8 cm³/mol. The summed E-state index contributed by atoms with van der Waals surface area (Å²) in [5, 5.41) is 0. The molecule has 2 heteroatoms. The molecule has 2 nitrogen and oxygen atoms in total. The van der Waals surface area contributed by atoms with E-state index in [0.717, 1.165) is 19.4 Å². The quantitative estimate of drug-likeness (QED) is 0.798. The lowest BCUT2D eigenvalue weighted by atomic mass is 9.96. The Balaban J connectivity index is 1.67. The predicted octanol–water partition coefficient (Wildman–Crippen LogP) is 2.78. The third-order valence-corrected chi connectivity index (χ3v) is 4.05. The zero-order valence-corrected chi connectivity index (χ0v) is 10.1. The average Bonchev–Trinajstić information content (AvgIpc) is 3.05. The Bertz CT molecular complexity index is 412. The monoisotopic (exact) mass is 230 g/mol. The summed E-state index contributed by atoms with van der Waals surface area (Å²) in [7, 11) is 0. The van der Waals surface area contributed by atoms with Gasteiger partial charge in [0.2, 0.25) is 0 Å². The molecule has 0 aromatic heterocycles. The van der Waals surface area contributed by atoms with Crippen LogP contribution in [-0.2, 0) is 9.53 Å². The average molecular weight is 230 g/mol. The van der Waals surface area contributed by atoms with Crippen molar-refractivity contribution in [1.29, 1.82) is 0 Å². The minimum absolute atomic E-state index is 0.131. The van der Waals surface area contributed by atoms with E-state index in [-0.39, 0.29) is 12.0 Å². The lowest BCUT2D eigenvalue weighted by Crippen LogP contribution is -2.27. The first-order valence-corrected chi connectivity index (χ1v) is 6.47. The molecule has 17 heavy (non-hydrogen) atoms. The molecule has 1 aromatic rings. The van der Waals surface area contributed by atoms with Gasteiger partial charge in [-0.2, -0.15) is 0 Å². The maximum atomic E-state index is 12.3. The molecule has 90 valence electrons. The Labute approximate surface area is 102 Å². The Kier molecular flexibility index (Phi) is 2.75. The SMILES string of the molecule is CC1CCOC1C(=O)C1CC1c1ccccc1. The summed E-state index contributed by atoms with van der Waals surface area (Å²) in [5.41, 5.74) is 1.30. The van der Waals surface area contributed by atoms with Crippen LogP contribution in [0, 0.1) is 11.8 Å². The number of benzene rings is 1. The molecule has 0 spiro atoms. The van der Waals surface area contributed by atoms with Crippen molar-refractivity contribution < 1.29 is 9.53 Å². The van der Waals surface area contributed by atoms with Crippen LogP contribution >= 0.6 is 0 Å². The standard InChI is InChI=1S/C15H18O2/c1-10-7-8-17-15(10)14(16)13-9-12(13)11-5-3-2-4-6-11/h2-6,10,12-13,15H,7-9H2,1H3. The van der Waals surface area contributed by atoms with Crippen LogP contribution in [0.25, 0.3) is 0 Å². The molecule has 2 aliphatic rings. The van der Waals surface area contributed by atoms with Crippen molar-refractivity contribution in [2.75, 3.05) is 6.61 Å². The molecule has 1 heterocycles. The lowest BCUT2D eigenvalue weighted by molar-refractivity contribution is -0.130. The maximum absolute atomic E-state index is 12.3. The van der Waals surface area contributed by atoms with Crippen LogP contribution in [0.3, 0.4) is 0 Å². The largest absolute Gasteiger partial charge is 0.370 e. The van der Waals surface area contributed by atoms with E-state index in [9.17, 15) is 4.79 Å². The van der Waals surface area contributed by atoms with Crippen LogP contribution in [0.1, 0.15) is 31.2 Å². The fraction of sp³-hybridized carbons (Fsp3) is 0.533. The zero-order chi connectivity index (χ0) is 11.8. The van der Waals surface area contributed by atoms with E-state index in [1.54, 1.807) is 0 Å². The molecule has 0 amide bonds. The summed E-state index contributed by atoms with van der Waals surface area (Å²) >= 11 is 0. The van der Waals surface area contributed by atoms with Gasteiger partial charge in [-0.3, -0.25) is 4.79 Å². The highest BCUT2D eigenvalue weighted by Crippen LogP contribution is 2.49. The molecular formula is C15H18O2. The van der Waals surface area contributed by atoms with Gasteiger partial charge in [0.05, 0.1) is 0 Å². The fourth-order valence-electron chi connectivity index (χ4n) is 2.85. The third-order valence-electron chi connectivity index (χ3n) is 4.05. The van der Waals surface area contributed by atoms with Crippen LogP contribution in [0.4, 0.5) is 0 Å². The van der Waals surface area contributed by atoms with Crippen LogP contribution in [0.5, 0.6) is 0 Å². The molecule has 1 saturated heterocycles. The lowest BCUT2D eigenvalue weighted by Gasteiger charge is -2.12. The van der Waals surface area contributed by atoms with Gasteiger partial charge in [-0.05, 0) is 30.2 Å². The van der Waals surface area contributed by atoms with E-state index in [4.69, 9.17) is 4.74 Å². The number of ketones is 1. The number of carbonyl (C=O) groups is 1. The van der Waals surface area contributed by atoms with Gasteiger partial charge < -0.3 is 4.74 Å². The van der Waals surface area contributed by atoms with Gasteiger partial charge in [-0.1, -0.05) is 37.3 Å². The first-order valence-electron chi connectivity index (χ1n) is 6.47. The number of rotatable bonds is 3. The number of Topliss-reactive ketones (excluding diaryl/α,β-unsaturated/α-hetero) is 1. The molecule has 0 bridgehead atoms. The molecule has 2 fully saturated rings. The van der Waals surface area contributed by atoms with Gasteiger partial charge in [0.15, 0.2) is 5.78 Å². The summed E-state index contributed by atoms with van der Waals surface area (Å²) in [4.78, 5) is 12.3. The van der Waals surface area contributed by atoms with Gasteiger partial charge in [0.25, 0.3) is 0 Å². The van der Waals surface area contributed by atoms with E-state index in [0.29, 0.717) is 17.6 Å². The minimum Gasteiger partial charge on any atom is -0.370 e. The molecule has 1 saturated carbocycles. The molecule has 4 atom stereocenters. The smallest absolute Gasteiger partial charge is 0.165 e. The second-order valence-corrected chi connectivity index (χ2v) is 5.32. The summed E-state index contributed by atoms with van der Waals surface area (Å²) < 4.78 is 5.56. The summed E-state index contributed by atoms with van der Waals surface area (Å²) in [6.07, 6.45) is 1.91. The Morgan fingerprint density at radius 3 is 2.71 bits per heavy atom. The van der Waals surface area contributed by atoms with Crippen LogP contribution in [-0.4, -0.2) is 18.5 Å². The van der Waals surface area contributed by atoms with Gasteiger partial charge in [-0.25, -0.2) is 0 Å². The number of carbonyl (C=O) groups excluding carboxylic acids is 1. The molecule has 3 rings (SSSR count). The Morgan fingerprint density at radius 2 is 2.06 bits per heavy atom. The van der Waals surface area contributed by atoms with Crippen LogP contribution in [0.2, 0.25) is 0 Å². The second kappa shape index (κ2) is 4.26. The number of ether oxygens (including phenoxy) is 1. The van der Waals surface area contributed by atoms with E-state index in [1.807, 2.05) is 18.2 Å². The number of hydrogen-bond donors (Lipinski definition) is 0. The van der Waals surface area contributed by atoms with Crippen molar-refractivity contribution in [3.63, 3.8) is 0 Å². The Morgan fingerprint density at radius 1 is 1.29 bits per heavy atom. The van der Waals surface area contributed by atoms with Crippen molar-refractivity contribution in [1.82, 2.24) is 0 Å². The molecule has 1 aliphatic carbocycles. The fourth-order valence-corrected chi connectivity index (χ4v) is 2.85. The molecular weight excluding hydrogens is 212 g/mol. The minimum atomic E-state index is -0.131. The Hall–Kier alpha value is -1.15. The van der Waals surface area contributed by atoms with E-state index in [2.05, 4.69) is 19.1 Å². The van der Waals surface area contributed by atoms with E-state index < -0.39 is 0 Å². The van der Waals surface area contributed by atoms with Crippen molar-refractivity contribution in [2.24, 2.45) is 11.8 Å². The van der Waals surface area contributed by atoms with Gasteiger partial charge in [0.1, 0.15) is 6.10 Å². The highest BCUT2D eigenvalue weighted by Gasteiger charge is 2.48. The summed E-state index contributed by atoms with van der Waals surface area (Å²) in [5.74, 6) is 1.39. The molecule has 1 aromatic carbocycles. The normalized spacial score (nSPS) is 35.8. The summed E-state index contributed by atoms with van der Waals surface area (Å²) in [6.45, 7) is 2.87. The maximum Gasteiger partial charge on any atom is 0.165 e. The second-order valence-electron chi connectivity index (χ2n) is 5.32. The van der Waals surface area contributed by atoms with Crippen molar-refractivity contribution >= 4 is 5.78 Å². The van der Waals surface area contributed by atoms with Gasteiger partial charge >= 0.3 is 0 Å². The number of hydrogen-bond acceptors (Lipinski definition) is 2. The van der Waals surface area contributed by atoms with Gasteiger partial charge in [-0.15, -0.1) is 0 Å². The first-order chi connectivity index (χ1) is 8.27. The van der Waals surface area contributed by atoms with Crippen molar-refractivity contribution in [3.8, 4) is 0 Å². The van der Waals surface area contributed by atoms with Crippen LogP contribution in [0.15, 0.2) is 30.3 Å². The molecule has 4 unspecified atom stereocenters. The molecule has 0 N–H and O–H groups in total. The van der Waals surface area contributed by atoms with Crippen molar-refractivity contribution in [2.45, 2.75) is 31.8 Å². The topological polar surface area (TPSA) is 26.3 Å². The zero-order valence-electron chi connectivity index (χ0n) is 10.1. The highest BCUT2D eigenvalue weighted by atomic mass is 16.5. The molecule has 0 radical (unpaired) electrons. The van der Waals surface area contributed by atoms with Crippen molar-refractivity contribution in [3.05, 3.63) is 35.9 Å².